The summed E-state index contributed by atoms with van der Waals surface area (Å²) in [5.74, 6) is 0.554. The van der Waals surface area contributed by atoms with E-state index in [9.17, 15) is 9.90 Å². The summed E-state index contributed by atoms with van der Waals surface area (Å²) in [5.41, 5.74) is 1.08. The van der Waals surface area contributed by atoms with Crippen LogP contribution in [0.25, 0.3) is 4.96 Å². The van der Waals surface area contributed by atoms with E-state index in [1.807, 2.05) is 19.1 Å². The maximum Gasteiger partial charge on any atom is 0.308 e. The van der Waals surface area contributed by atoms with E-state index in [2.05, 4.69) is 43.0 Å². The van der Waals surface area contributed by atoms with Crippen LogP contribution >= 0.6 is 27.3 Å². The van der Waals surface area contributed by atoms with Crippen molar-refractivity contribution < 1.29 is 14.6 Å². The van der Waals surface area contributed by atoms with Gasteiger partial charge in [0.15, 0.2) is 0 Å². The second kappa shape index (κ2) is 7.81. The summed E-state index contributed by atoms with van der Waals surface area (Å²) in [6.07, 6.45) is 1.47. The van der Waals surface area contributed by atoms with Crippen molar-refractivity contribution in [1.82, 2.24) is 19.5 Å². The fourth-order valence-electron chi connectivity index (χ4n) is 3.76. The number of aryl methyl sites for hydroxylation is 1. The zero-order valence-electron chi connectivity index (χ0n) is 15.6. The van der Waals surface area contributed by atoms with Crippen molar-refractivity contribution >= 4 is 38.2 Å². The van der Waals surface area contributed by atoms with Crippen LogP contribution in [0.1, 0.15) is 35.1 Å². The molecule has 0 aliphatic carbocycles. The molecule has 0 spiro atoms. The van der Waals surface area contributed by atoms with Crippen molar-refractivity contribution in [1.29, 1.82) is 0 Å². The van der Waals surface area contributed by atoms with E-state index in [-0.39, 0.29) is 23.8 Å². The van der Waals surface area contributed by atoms with Gasteiger partial charge in [0.1, 0.15) is 5.82 Å². The van der Waals surface area contributed by atoms with Gasteiger partial charge in [-0.2, -0.15) is 4.52 Å². The van der Waals surface area contributed by atoms with E-state index >= 15 is 0 Å². The maximum absolute atomic E-state index is 11.9. The monoisotopic (exact) mass is 464 g/mol. The minimum atomic E-state index is -0.142. The summed E-state index contributed by atoms with van der Waals surface area (Å²) in [4.78, 5) is 20.1. The molecule has 1 fully saturated rings. The molecule has 1 aliphatic heterocycles. The highest BCUT2D eigenvalue weighted by atomic mass is 79.9. The van der Waals surface area contributed by atoms with Crippen LogP contribution < -0.4 is 0 Å². The van der Waals surface area contributed by atoms with Gasteiger partial charge in [-0.25, -0.2) is 4.98 Å². The number of benzene rings is 1. The van der Waals surface area contributed by atoms with Gasteiger partial charge in [0.2, 0.25) is 10.8 Å². The summed E-state index contributed by atoms with van der Waals surface area (Å²) in [5, 5.41) is 15.2. The fraction of sp³-hybridized carbons (Fsp3) is 0.421. The molecule has 4 rings (SSSR count). The molecule has 1 N–H and O–H groups in total. The molecule has 28 heavy (non-hydrogen) atoms. The van der Waals surface area contributed by atoms with Gasteiger partial charge in [0, 0.05) is 4.47 Å². The molecule has 0 unspecified atom stereocenters. The van der Waals surface area contributed by atoms with Crippen LogP contribution in [0.3, 0.4) is 0 Å². The number of ether oxygens (including phenoxy) is 1. The summed E-state index contributed by atoms with van der Waals surface area (Å²) < 4.78 is 7.41. The molecule has 1 aliphatic rings. The van der Waals surface area contributed by atoms with Crippen LogP contribution in [0.5, 0.6) is 5.88 Å². The largest absolute Gasteiger partial charge is 0.492 e. The van der Waals surface area contributed by atoms with Crippen molar-refractivity contribution in [3.8, 4) is 5.88 Å². The van der Waals surface area contributed by atoms with E-state index in [4.69, 9.17) is 4.74 Å². The minimum Gasteiger partial charge on any atom is -0.492 e. The molecular weight excluding hydrogens is 444 g/mol. The van der Waals surface area contributed by atoms with Gasteiger partial charge in [-0.05, 0) is 50.6 Å². The first-order chi connectivity index (χ1) is 13.5. The molecule has 9 heteroatoms. The number of fused-ring (bicyclic) bond motifs is 1. The zero-order valence-corrected chi connectivity index (χ0v) is 18.0. The van der Waals surface area contributed by atoms with E-state index in [0.29, 0.717) is 10.8 Å². The normalized spacial score (nSPS) is 17.1. The number of nitrogens with zero attached hydrogens (tertiary/aromatic N) is 4. The number of halogens is 1. The molecule has 0 amide bonds. The second-order valence-electron chi connectivity index (χ2n) is 6.93. The number of carbonyl (C=O) groups excluding carboxylic acids is 1. The molecular formula is C19H21BrN4O3S. The number of hydrogen-bond acceptors (Lipinski definition) is 7. The first kappa shape index (κ1) is 19.4. The number of hydrogen-bond donors (Lipinski definition) is 1. The Morgan fingerprint density at radius 1 is 1.32 bits per heavy atom. The Morgan fingerprint density at radius 3 is 2.61 bits per heavy atom. The smallest absolute Gasteiger partial charge is 0.308 e. The maximum atomic E-state index is 11.9. The lowest BCUT2D eigenvalue weighted by molar-refractivity contribution is -0.147. The molecule has 2 aromatic heterocycles. The average molecular weight is 465 g/mol. The lowest BCUT2D eigenvalue weighted by atomic mass is 9.94. The number of piperidine rings is 1. The van der Waals surface area contributed by atoms with Crippen LogP contribution in [0.15, 0.2) is 28.7 Å². The van der Waals surface area contributed by atoms with Crippen LogP contribution in [0.4, 0.5) is 0 Å². The first-order valence-electron chi connectivity index (χ1n) is 9.10. The predicted octanol–water partition coefficient (Wildman–Crippen LogP) is 3.54. The van der Waals surface area contributed by atoms with Crippen LogP contribution in [0, 0.1) is 12.8 Å². The summed E-state index contributed by atoms with van der Waals surface area (Å²) >= 11 is 4.94. The Morgan fingerprint density at radius 2 is 2.00 bits per heavy atom. The van der Waals surface area contributed by atoms with Crippen molar-refractivity contribution in [3.63, 3.8) is 0 Å². The van der Waals surface area contributed by atoms with Crippen molar-refractivity contribution in [3.05, 3.63) is 45.0 Å². The van der Waals surface area contributed by atoms with Crippen molar-refractivity contribution in [2.45, 2.75) is 25.8 Å². The SMILES string of the molecule is COC(=O)C1CCN([C@@H](c2ccc(Br)cc2)c2sc3nc(C)nn3c2O)CC1. The van der Waals surface area contributed by atoms with Crippen LogP contribution in [-0.4, -0.2) is 50.8 Å². The van der Waals surface area contributed by atoms with E-state index in [0.717, 1.165) is 40.8 Å². The number of thiazole rings is 1. The molecule has 148 valence electrons. The van der Waals surface area contributed by atoms with Crippen LogP contribution in [0.2, 0.25) is 0 Å². The Labute approximate surface area is 175 Å². The van der Waals surface area contributed by atoms with Gasteiger partial charge in [-0.3, -0.25) is 9.69 Å². The molecule has 7 nitrogen and oxygen atoms in total. The standard InChI is InChI=1S/C19H21BrN4O3S/c1-11-21-19-24(22-11)17(25)16(28-19)15(12-3-5-14(20)6-4-12)23-9-7-13(8-10-23)18(26)27-2/h3-6,13,15,25H,7-10H2,1-2H3/t15-/m0/s1. The molecule has 0 bridgehead atoms. The van der Waals surface area contributed by atoms with Gasteiger partial charge in [0.25, 0.3) is 0 Å². The van der Waals surface area contributed by atoms with Crippen molar-refractivity contribution in [2.24, 2.45) is 5.92 Å². The lowest BCUT2D eigenvalue weighted by Crippen LogP contribution is -2.39. The number of aromatic hydroxyl groups is 1. The van der Waals surface area contributed by atoms with E-state index < -0.39 is 0 Å². The van der Waals surface area contributed by atoms with Gasteiger partial charge in [-0.15, -0.1) is 5.10 Å². The Bertz CT molecular complexity index is 993. The lowest BCUT2D eigenvalue weighted by Gasteiger charge is -2.36. The highest BCUT2D eigenvalue weighted by Gasteiger charge is 2.34. The number of esters is 1. The van der Waals surface area contributed by atoms with Crippen molar-refractivity contribution in [2.75, 3.05) is 20.2 Å². The molecule has 3 aromatic rings. The van der Waals surface area contributed by atoms with E-state index in [1.54, 1.807) is 0 Å². The third kappa shape index (κ3) is 3.54. The predicted molar refractivity (Wildman–Crippen MR) is 110 cm³/mol. The van der Waals surface area contributed by atoms with Gasteiger partial charge in [0.05, 0.1) is 23.9 Å². The molecule has 1 saturated heterocycles. The van der Waals surface area contributed by atoms with E-state index in [1.165, 1.54) is 23.0 Å². The number of carbonyl (C=O) groups is 1. The third-order valence-electron chi connectivity index (χ3n) is 5.17. The van der Waals surface area contributed by atoms with Crippen LogP contribution in [-0.2, 0) is 9.53 Å². The Kier molecular flexibility index (Phi) is 5.39. The molecule has 3 heterocycles. The Balaban J connectivity index is 1.70. The summed E-state index contributed by atoms with van der Waals surface area (Å²) in [7, 11) is 1.44. The number of likely N-dealkylation sites (tertiary alicyclic amines) is 1. The highest BCUT2D eigenvalue weighted by molar-refractivity contribution is 9.10. The van der Waals surface area contributed by atoms with Gasteiger partial charge in [-0.1, -0.05) is 39.4 Å². The number of methoxy groups -OCH3 is 1. The third-order valence-corrected chi connectivity index (χ3v) is 6.77. The molecule has 1 atom stereocenters. The molecule has 0 saturated carbocycles. The van der Waals surface area contributed by atoms with Gasteiger partial charge >= 0.3 is 5.97 Å². The molecule has 1 aromatic carbocycles. The number of rotatable bonds is 4. The highest BCUT2D eigenvalue weighted by Crippen LogP contribution is 2.41. The topological polar surface area (TPSA) is 80.0 Å². The van der Waals surface area contributed by atoms with Gasteiger partial charge < -0.3 is 9.84 Å². The Hall–Kier alpha value is -1.97. The summed E-state index contributed by atoms with van der Waals surface area (Å²) in [6.45, 7) is 3.29. The average Bonchev–Trinajstić information content (AvgIpc) is 3.21. The number of aromatic nitrogens is 3. The summed E-state index contributed by atoms with van der Waals surface area (Å²) in [6, 6.07) is 7.99. The second-order valence-corrected chi connectivity index (χ2v) is 8.86. The first-order valence-corrected chi connectivity index (χ1v) is 10.7. The zero-order chi connectivity index (χ0) is 19.8. The fourth-order valence-corrected chi connectivity index (χ4v) is 5.19. The minimum absolute atomic E-state index is 0.0645. The molecule has 0 radical (unpaired) electrons. The quantitative estimate of drug-likeness (QED) is 0.594.